The molecular formula is C15H18N2O2. The van der Waals surface area contributed by atoms with Crippen LogP contribution in [0.3, 0.4) is 0 Å². The first-order valence-electron chi connectivity index (χ1n) is 6.41. The average Bonchev–Trinajstić information content (AvgIpc) is 2.39. The van der Waals surface area contributed by atoms with Gasteiger partial charge in [0.05, 0.1) is 12.1 Å². The van der Waals surface area contributed by atoms with Gasteiger partial charge in [-0.25, -0.2) is 9.78 Å². The Kier molecular flexibility index (Phi) is 4.00. The van der Waals surface area contributed by atoms with Crippen LogP contribution in [0.25, 0.3) is 10.9 Å². The van der Waals surface area contributed by atoms with Crippen LogP contribution in [0.1, 0.15) is 19.4 Å². The molecule has 4 nitrogen and oxygen atoms in total. The number of para-hydroxylation sites is 1. The highest BCUT2D eigenvalue weighted by molar-refractivity contribution is 5.84. The standard InChI is InChI=1S/C15H18N2O2/c1-4-19-15(18)11(3)16-14-9-10(2)12-7-5-6-8-13(12)17-14/h5-9,11H,4H2,1-3H3,(H,16,17)/t11-/m0/s1. The molecule has 0 saturated heterocycles. The summed E-state index contributed by atoms with van der Waals surface area (Å²) in [5.41, 5.74) is 2.05. The van der Waals surface area contributed by atoms with E-state index in [1.807, 2.05) is 37.3 Å². The summed E-state index contributed by atoms with van der Waals surface area (Å²) >= 11 is 0. The number of hydrogen-bond donors (Lipinski definition) is 1. The number of hydrogen-bond acceptors (Lipinski definition) is 4. The van der Waals surface area contributed by atoms with E-state index in [0.29, 0.717) is 12.4 Å². The molecule has 0 saturated carbocycles. The van der Waals surface area contributed by atoms with Crippen LogP contribution in [-0.2, 0) is 9.53 Å². The van der Waals surface area contributed by atoms with Crippen molar-refractivity contribution in [1.29, 1.82) is 0 Å². The Bertz CT molecular complexity index is 596. The number of ether oxygens (including phenoxy) is 1. The van der Waals surface area contributed by atoms with Crippen molar-refractivity contribution in [3.05, 3.63) is 35.9 Å². The van der Waals surface area contributed by atoms with E-state index in [1.54, 1.807) is 13.8 Å². The number of benzene rings is 1. The number of fused-ring (bicyclic) bond motifs is 1. The quantitative estimate of drug-likeness (QED) is 0.857. The van der Waals surface area contributed by atoms with Crippen LogP contribution >= 0.6 is 0 Å². The first-order chi connectivity index (χ1) is 9.11. The van der Waals surface area contributed by atoms with E-state index >= 15 is 0 Å². The Morgan fingerprint density at radius 2 is 2.16 bits per heavy atom. The first kappa shape index (κ1) is 13.3. The van der Waals surface area contributed by atoms with Gasteiger partial charge in [-0.15, -0.1) is 0 Å². The van der Waals surface area contributed by atoms with E-state index in [0.717, 1.165) is 16.5 Å². The maximum Gasteiger partial charge on any atom is 0.328 e. The van der Waals surface area contributed by atoms with Gasteiger partial charge in [0.25, 0.3) is 0 Å². The summed E-state index contributed by atoms with van der Waals surface area (Å²) < 4.78 is 4.96. The maximum atomic E-state index is 11.6. The van der Waals surface area contributed by atoms with E-state index in [1.165, 1.54) is 0 Å². The van der Waals surface area contributed by atoms with Gasteiger partial charge < -0.3 is 10.1 Å². The van der Waals surface area contributed by atoms with Crippen molar-refractivity contribution in [2.75, 3.05) is 11.9 Å². The van der Waals surface area contributed by atoms with Crippen molar-refractivity contribution in [2.45, 2.75) is 26.8 Å². The van der Waals surface area contributed by atoms with Crippen LogP contribution in [0, 0.1) is 6.92 Å². The number of pyridine rings is 1. The Balaban J connectivity index is 2.24. The van der Waals surface area contributed by atoms with Gasteiger partial charge in [0.1, 0.15) is 11.9 Å². The van der Waals surface area contributed by atoms with Crippen LogP contribution in [0.4, 0.5) is 5.82 Å². The highest BCUT2D eigenvalue weighted by Gasteiger charge is 2.14. The monoisotopic (exact) mass is 258 g/mol. The molecular weight excluding hydrogens is 240 g/mol. The highest BCUT2D eigenvalue weighted by Crippen LogP contribution is 2.20. The van der Waals surface area contributed by atoms with Crippen molar-refractivity contribution in [1.82, 2.24) is 4.98 Å². The number of carbonyl (C=O) groups is 1. The lowest BCUT2D eigenvalue weighted by Crippen LogP contribution is -2.28. The van der Waals surface area contributed by atoms with Gasteiger partial charge in [-0.3, -0.25) is 0 Å². The number of carbonyl (C=O) groups excluding carboxylic acids is 1. The zero-order chi connectivity index (χ0) is 13.8. The van der Waals surface area contributed by atoms with Gasteiger partial charge in [-0.1, -0.05) is 18.2 Å². The zero-order valence-electron chi connectivity index (χ0n) is 11.4. The average molecular weight is 258 g/mol. The molecule has 4 heteroatoms. The summed E-state index contributed by atoms with van der Waals surface area (Å²) in [5, 5.41) is 4.20. The molecule has 0 bridgehead atoms. The molecule has 0 aliphatic heterocycles. The van der Waals surface area contributed by atoms with Gasteiger partial charge in [0, 0.05) is 5.39 Å². The zero-order valence-corrected chi connectivity index (χ0v) is 11.4. The minimum atomic E-state index is -0.409. The molecule has 2 aromatic rings. The molecule has 1 N–H and O–H groups in total. The van der Waals surface area contributed by atoms with Gasteiger partial charge >= 0.3 is 5.97 Å². The Labute approximate surface area is 112 Å². The molecule has 0 spiro atoms. The second-order valence-electron chi connectivity index (χ2n) is 4.46. The van der Waals surface area contributed by atoms with Gasteiger partial charge in [0.2, 0.25) is 0 Å². The second kappa shape index (κ2) is 5.69. The topological polar surface area (TPSA) is 51.2 Å². The molecule has 0 amide bonds. The Morgan fingerprint density at radius 1 is 1.42 bits per heavy atom. The molecule has 1 atom stereocenters. The second-order valence-corrected chi connectivity index (χ2v) is 4.46. The molecule has 1 heterocycles. The van der Waals surface area contributed by atoms with Crippen LogP contribution in [-0.4, -0.2) is 23.6 Å². The molecule has 0 radical (unpaired) electrons. The summed E-state index contributed by atoms with van der Waals surface area (Å²) in [6.45, 7) is 5.98. The summed E-state index contributed by atoms with van der Waals surface area (Å²) in [7, 11) is 0. The van der Waals surface area contributed by atoms with Crippen molar-refractivity contribution < 1.29 is 9.53 Å². The fourth-order valence-electron chi connectivity index (χ4n) is 1.97. The van der Waals surface area contributed by atoms with Gasteiger partial charge in [-0.2, -0.15) is 0 Å². The smallest absolute Gasteiger partial charge is 0.328 e. The fraction of sp³-hybridized carbons (Fsp3) is 0.333. The van der Waals surface area contributed by atoms with Crippen molar-refractivity contribution in [3.63, 3.8) is 0 Å². The van der Waals surface area contributed by atoms with E-state index < -0.39 is 6.04 Å². The third kappa shape index (κ3) is 3.02. The third-order valence-corrected chi connectivity index (χ3v) is 2.93. The normalized spacial score (nSPS) is 12.2. The molecule has 0 unspecified atom stereocenters. The predicted molar refractivity (Wildman–Crippen MR) is 76.2 cm³/mol. The molecule has 0 fully saturated rings. The SMILES string of the molecule is CCOC(=O)[C@H](C)Nc1cc(C)c2ccccc2n1. The number of esters is 1. The maximum absolute atomic E-state index is 11.6. The number of anilines is 1. The largest absolute Gasteiger partial charge is 0.464 e. The lowest BCUT2D eigenvalue weighted by atomic mass is 10.1. The van der Waals surface area contributed by atoms with Crippen LogP contribution in [0.2, 0.25) is 0 Å². The Hall–Kier alpha value is -2.10. The molecule has 100 valence electrons. The number of rotatable bonds is 4. The summed E-state index contributed by atoms with van der Waals surface area (Å²) in [4.78, 5) is 16.1. The predicted octanol–water partition coefficient (Wildman–Crippen LogP) is 2.91. The number of nitrogens with one attached hydrogen (secondary N) is 1. The lowest BCUT2D eigenvalue weighted by molar-refractivity contribution is -0.143. The van der Waals surface area contributed by atoms with Crippen molar-refractivity contribution in [3.8, 4) is 0 Å². The molecule has 0 aliphatic rings. The first-order valence-corrected chi connectivity index (χ1v) is 6.41. The Morgan fingerprint density at radius 3 is 2.89 bits per heavy atom. The van der Waals surface area contributed by atoms with Crippen molar-refractivity contribution in [2.24, 2.45) is 0 Å². The fourth-order valence-corrected chi connectivity index (χ4v) is 1.97. The number of aryl methyl sites for hydroxylation is 1. The van der Waals surface area contributed by atoms with Crippen molar-refractivity contribution >= 4 is 22.7 Å². The number of aromatic nitrogens is 1. The van der Waals surface area contributed by atoms with E-state index in [2.05, 4.69) is 10.3 Å². The van der Waals surface area contributed by atoms with E-state index in [-0.39, 0.29) is 5.97 Å². The minimum Gasteiger partial charge on any atom is -0.464 e. The summed E-state index contributed by atoms with van der Waals surface area (Å²) in [6, 6.07) is 9.48. The molecule has 1 aromatic carbocycles. The minimum absolute atomic E-state index is 0.268. The lowest BCUT2D eigenvalue weighted by Gasteiger charge is -2.14. The van der Waals surface area contributed by atoms with Gasteiger partial charge in [-0.05, 0) is 38.5 Å². The molecule has 2 rings (SSSR count). The van der Waals surface area contributed by atoms with Crippen LogP contribution in [0.15, 0.2) is 30.3 Å². The summed E-state index contributed by atoms with van der Waals surface area (Å²) in [5.74, 6) is 0.423. The molecule has 0 aliphatic carbocycles. The van der Waals surface area contributed by atoms with Gasteiger partial charge in [0.15, 0.2) is 0 Å². The van der Waals surface area contributed by atoms with Crippen LogP contribution in [0.5, 0.6) is 0 Å². The highest BCUT2D eigenvalue weighted by atomic mass is 16.5. The van der Waals surface area contributed by atoms with E-state index in [9.17, 15) is 4.79 Å². The molecule has 19 heavy (non-hydrogen) atoms. The number of nitrogens with zero attached hydrogens (tertiary/aromatic N) is 1. The summed E-state index contributed by atoms with van der Waals surface area (Å²) in [6.07, 6.45) is 0. The molecule has 1 aromatic heterocycles. The third-order valence-electron chi connectivity index (χ3n) is 2.93. The van der Waals surface area contributed by atoms with Crippen LogP contribution < -0.4 is 5.32 Å². The van der Waals surface area contributed by atoms with E-state index in [4.69, 9.17) is 4.74 Å².